The molecule has 156 valence electrons. The van der Waals surface area contributed by atoms with Gasteiger partial charge in [-0.1, -0.05) is 0 Å². The third kappa shape index (κ3) is 10.4. The van der Waals surface area contributed by atoms with Crippen LogP contribution in [0.3, 0.4) is 0 Å². The summed E-state index contributed by atoms with van der Waals surface area (Å²) in [5, 5.41) is 19.4. The monoisotopic (exact) mass is 496 g/mol. The maximum atomic E-state index is 11.6. The summed E-state index contributed by atoms with van der Waals surface area (Å²) < 4.78 is 10.7. The lowest BCUT2D eigenvalue weighted by molar-refractivity contribution is 0.0428. The molecule has 0 spiro atoms. The zero-order valence-corrected chi connectivity index (χ0v) is 19.3. The molecular formula is C18H33IN4O4. The second kappa shape index (κ2) is 11.4. The Kier molecular flexibility index (Phi) is 10.7. The maximum absolute atomic E-state index is 11.6. The fraction of sp³-hybridized carbons (Fsp3) is 0.667. The van der Waals surface area contributed by atoms with Crippen molar-refractivity contribution in [3.8, 4) is 0 Å². The highest BCUT2D eigenvalue weighted by molar-refractivity contribution is 14.0. The third-order valence-electron chi connectivity index (χ3n) is 3.25. The van der Waals surface area contributed by atoms with Crippen LogP contribution in [-0.4, -0.2) is 48.9 Å². The van der Waals surface area contributed by atoms with E-state index in [2.05, 4.69) is 20.9 Å². The van der Waals surface area contributed by atoms with Gasteiger partial charge in [-0.25, -0.2) is 9.79 Å². The van der Waals surface area contributed by atoms with Crippen LogP contribution in [0.15, 0.2) is 21.5 Å². The van der Waals surface area contributed by atoms with Crippen LogP contribution in [0.2, 0.25) is 0 Å². The molecule has 1 amide bonds. The van der Waals surface area contributed by atoms with Gasteiger partial charge in [0.05, 0.1) is 6.54 Å². The summed E-state index contributed by atoms with van der Waals surface area (Å²) >= 11 is 0. The molecule has 0 radical (unpaired) electrons. The Morgan fingerprint density at radius 2 is 1.81 bits per heavy atom. The number of nitrogens with one attached hydrogen (secondary N) is 3. The van der Waals surface area contributed by atoms with Crippen molar-refractivity contribution in [2.24, 2.45) is 4.99 Å². The van der Waals surface area contributed by atoms with E-state index >= 15 is 0 Å². The first-order valence-electron chi connectivity index (χ1n) is 8.82. The molecule has 1 rings (SSSR count). The molecule has 0 saturated heterocycles. The number of nitrogens with zero attached hydrogens (tertiary/aromatic N) is 1. The summed E-state index contributed by atoms with van der Waals surface area (Å²) in [6, 6.07) is 3.55. The molecule has 1 aromatic heterocycles. The summed E-state index contributed by atoms with van der Waals surface area (Å²) in [6.45, 7) is 12.5. The van der Waals surface area contributed by atoms with Crippen molar-refractivity contribution in [3.05, 3.63) is 23.7 Å². The first kappa shape index (κ1) is 25.5. The van der Waals surface area contributed by atoms with Crippen molar-refractivity contribution in [1.82, 2.24) is 16.0 Å². The summed E-state index contributed by atoms with van der Waals surface area (Å²) in [5.74, 6) is 1.76. The van der Waals surface area contributed by atoms with Crippen molar-refractivity contribution >= 4 is 36.0 Å². The first-order valence-corrected chi connectivity index (χ1v) is 8.82. The molecular weight excluding hydrogens is 463 g/mol. The van der Waals surface area contributed by atoms with Crippen LogP contribution >= 0.6 is 24.0 Å². The molecule has 1 heterocycles. The van der Waals surface area contributed by atoms with Gasteiger partial charge < -0.3 is 30.2 Å². The Morgan fingerprint density at radius 1 is 1.19 bits per heavy atom. The van der Waals surface area contributed by atoms with Crippen LogP contribution in [0.25, 0.3) is 0 Å². The zero-order valence-electron chi connectivity index (χ0n) is 17.0. The molecule has 0 fully saturated rings. The summed E-state index contributed by atoms with van der Waals surface area (Å²) in [4.78, 5) is 16.0. The van der Waals surface area contributed by atoms with Gasteiger partial charge in [-0.05, 0) is 53.7 Å². The molecule has 1 aromatic rings. The van der Waals surface area contributed by atoms with E-state index in [1.165, 1.54) is 0 Å². The number of alkyl carbamates (subject to hydrolysis) is 1. The van der Waals surface area contributed by atoms with Gasteiger partial charge in [0.15, 0.2) is 5.96 Å². The average molecular weight is 496 g/mol. The molecule has 1 atom stereocenters. The highest BCUT2D eigenvalue weighted by Gasteiger charge is 2.26. The van der Waals surface area contributed by atoms with Gasteiger partial charge in [0.1, 0.15) is 22.7 Å². The minimum Gasteiger partial charge on any atom is -0.463 e. The lowest BCUT2D eigenvalue weighted by Crippen LogP contribution is -2.43. The summed E-state index contributed by atoms with van der Waals surface area (Å²) in [5.41, 5.74) is -1.73. The normalized spacial score (nSPS) is 14.0. The van der Waals surface area contributed by atoms with Gasteiger partial charge in [0, 0.05) is 19.6 Å². The number of halogens is 1. The molecule has 0 bridgehead atoms. The van der Waals surface area contributed by atoms with Gasteiger partial charge in [0.2, 0.25) is 0 Å². The van der Waals surface area contributed by atoms with Gasteiger partial charge >= 0.3 is 6.09 Å². The lowest BCUT2D eigenvalue weighted by atomic mass is 10.0. The van der Waals surface area contributed by atoms with E-state index in [1.807, 2.05) is 34.6 Å². The van der Waals surface area contributed by atoms with Crippen LogP contribution < -0.4 is 16.0 Å². The number of hydrogen-bond donors (Lipinski definition) is 4. The van der Waals surface area contributed by atoms with E-state index in [-0.39, 0.29) is 30.5 Å². The number of aliphatic imine (C=N–C) groups is 1. The Hall–Kier alpha value is -1.49. The minimum atomic E-state index is -1.20. The number of amides is 1. The smallest absolute Gasteiger partial charge is 0.407 e. The number of carbonyl (C=O) groups excluding carboxylic acids is 1. The molecule has 0 aliphatic carbocycles. The van der Waals surface area contributed by atoms with Gasteiger partial charge in [-0.3, -0.25) is 0 Å². The van der Waals surface area contributed by atoms with Crippen LogP contribution in [0.5, 0.6) is 0 Å². The molecule has 0 aliphatic rings. The number of rotatable bonds is 7. The Balaban J connectivity index is 0.00000676. The lowest BCUT2D eigenvalue weighted by Gasteiger charge is -2.20. The maximum Gasteiger partial charge on any atom is 0.407 e. The number of carbonyl (C=O) groups is 1. The second-order valence-corrected chi connectivity index (χ2v) is 7.23. The molecule has 8 nitrogen and oxygen atoms in total. The van der Waals surface area contributed by atoms with E-state index < -0.39 is 17.3 Å². The number of aliphatic hydroxyl groups is 1. The molecule has 4 N–H and O–H groups in total. The van der Waals surface area contributed by atoms with Crippen molar-refractivity contribution in [3.63, 3.8) is 0 Å². The quantitative estimate of drug-likeness (QED) is 0.200. The Morgan fingerprint density at radius 3 is 2.33 bits per heavy atom. The van der Waals surface area contributed by atoms with E-state index in [0.29, 0.717) is 31.4 Å². The van der Waals surface area contributed by atoms with E-state index in [1.54, 1.807) is 19.1 Å². The van der Waals surface area contributed by atoms with Crippen molar-refractivity contribution in [2.75, 3.05) is 26.2 Å². The van der Waals surface area contributed by atoms with Crippen LogP contribution in [0.4, 0.5) is 4.79 Å². The third-order valence-corrected chi connectivity index (χ3v) is 3.25. The molecule has 27 heavy (non-hydrogen) atoms. The number of hydrogen-bond acceptors (Lipinski definition) is 5. The first-order chi connectivity index (χ1) is 12.0. The van der Waals surface area contributed by atoms with E-state index in [0.717, 1.165) is 5.76 Å². The van der Waals surface area contributed by atoms with Crippen molar-refractivity contribution in [2.45, 2.75) is 52.7 Å². The largest absolute Gasteiger partial charge is 0.463 e. The Labute approximate surface area is 178 Å². The van der Waals surface area contributed by atoms with E-state index in [4.69, 9.17) is 9.15 Å². The molecule has 0 aromatic carbocycles. The topological polar surface area (TPSA) is 108 Å². The minimum absolute atomic E-state index is 0. The molecule has 1 unspecified atom stereocenters. The van der Waals surface area contributed by atoms with Gasteiger partial charge in [0.25, 0.3) is 0 Å². The van der Waals surface area contributed by atoms with Crippen LogP contribution in [-0.2, 0) is 10.3 Å². The van der Waals surface area contributed by atoms with Gasteiger partial charge in [-0.15, -0.1) is 24.0 Å². The number of ether oxygens (including phenoxy) is 1. The number of aryl methyl sites for hydroxylation is 1. The van der Waals surface area contributed by atoms with Gasteiger partial charge in [-0.2, -0.15) is 0 Å². The van der Waals surface area contributed by atoms with E-state index in [9.17, 15) is 9.90 Å². The molecule has 9 heteroatoms. The Bertz CT molecular complexity index is 609. The van der Waals surface area contributed by atoms with Crippen molar-refractivity contribution in [1.29, 1.82) is 0 Å². The fourth-order valence-corrected chi connectivity index (χ4v) is 2.04. The second-order valence-electron chi connectivity index (χ2n) is 7.23. The SMILES string of the molecule is CCNC(=NCC(C)(O)c1ccc(C)o1)NCCNC(=O)OC(C)(C)C.I. The average Bonchev–Trinajstić information content (AvgIpc) is 2.94. The molecule has 0 saturated carbocycles. The predicted molar refractivity (Wildman–Crippen MR) is 117 cm³/mol. The summed E-state index contributed by atoms with van der Waals surface area (Å²) in [7, 11) is 0. The van der Waals surface area contributed by atoms with Crippen molar-refractivity contribution < 1.29 is 19.1 Å². The molecule has 0 aliphatic heterocycles. The predicted octanol–water partition coefficient (Wildman–Crippen LogP) is 2.49. The zero-order chi connectivity index (χ0) is 19.8. The van der Waals surface area contributed by atoms with Crippen LogP contribution in [0.1, 0.15) is 46.1 Å². The summed E-state index contributed by atoms with van der Waals surface area (Å²) in [6.07, 6.45) is -0.461. The number of furan rings is 1. The highest BCUT2D eigenvalue weighted by atomic mass is 127. The fourth-order valence-electron chi connectivity index (χ4n) is 2.04. The standard InChI is InChI=1S/C18H32N4O4.HI/c1-7-19-15(20-10-11-21-16(23)26-17(3,4)5)22-12-18(6,24)14-9-8-13(2)25-14;/h8-9,24H,7,10-12H2,1-6H3,(H,21,23)(H2,19,20,22);1H. The number of guanidine groups is 1. The van der Waals surface area contributed by atoms with Crippen LogP contribution in [0, 0.1) is 6.92 Å². The highest BCUT2D eigenvalue weighted by Crippen LogP contribution is 2.22.